The average Bonchev–Trinajstić information content (AvgIpc) is 2.27. The Morgan fingerprint density at radius 3 is 2.78 bits per heavy atom. The van der Waals surface area contributed by atoms with Gasteiger partial charge in [-0.1, -0.05) is 0 Å². The van der Waals surface area contributed by atoms with E-state index in [2.05, 4.69) is 0 Å². The van der Waals surface area contributed by atoms with Crippen molar-refractivity contribution in [1.29, 1.82) is 5.26 Å². The van der Waals surface area contributed by atoms with Gasteiger partial charge in [-0.05, 0) is 41.6 Å². The van der Waals surface area contributed by atoms with E-state index in [9.17, 15) is 14.9 Å². The number of nitro benzene ring substituents is 1. The molecule has 0 heterocycles. The van der Waals surface area contributed by atoms with Crippen molar-refractivity contribution in [3.8, 4) is 6.07 Å². The standard InChI is InChI=1S/C11H9IN2O4/c1-2-18-10(15)5-8-3-7(6-13)4-9(12)11(8)14(16)17/h3-4H,2,5H2,1H3. The Morgan fingerprint density at radius 2 is 2.28 bits per heavy atom. The van der Waals surface area contributed by atoms with Crippen LogP contribution in [0.3, 0.4) is 0 Å². The van der Waals surface area contributed by atoms with Crippen molar-refractivity contribution in [3.63, 3.8) is 0 Å². The third-order valence-corrected chi connectivity index (χ3v) is 2.92. The molecule has 1 aromatic carbocycles. The molecule has 0 aromatic heterocycles. The quantitative estimate of drug-likeness (QED) is 0.355. The molecule has 0 saturated carbocycles. The second-order valence-electron chi connectivity index (χ2n) is 3.32. The molecule has 94 valence electrons. The van der Waals surface area contributed by atoms with Crippen LogP contribution < -0.4 is 0 Å². The molecular formula is C11H9IN2O4. The zero-order chi connectivity index (χ0) is 13.7. The number of rotatable bonds is 4. The van der Waals surface area contributed by atoms with E-state index in [1.807, 2.05) is 6.07 Å². The van der Waals surface area contributed by atoms with Crippen LogP contribution in [0.25, 0.3) is 0 Å². The summed E-state index contributed by atoms with van der Waals surface area (Å²) < 4.78 is 5.08. The van der Waals surface area contributed by atoms with E-state index in [0.717, 1.165) is 0 Å². The molecule has 0 radical (unpaired) electrons. The molecular weight excluding hydrogens is 351 g/mol. The zero-order valence-electron chi connectivity index (χ0n) is 9.47. The Bertz CT molecular complexity index is 537. The highest BCUT2D eigenvalue weighted by Gasteiger charge is 2.22. The number of benzene rings is 1. The Balaban J connectivity index is 3.22. The largest absolute Gasteiger partial charge is 0.466 e. The van der Waals surface area contributed by atoms with Gasteiger partial charge in [0.2, 0.25) is 0 Å². The van der Waals surface area contributed by atoms with Crippen molar-refractivity contribution in [1.82, 2.24) is 0 Å². The van der Waals surface area contributed by atoms with Gasteiger partial charge in [-0.15, -0.1) is 0 Å². The predicted octanol–water partition coefficient (Wildman–Crippen LogP) is 2.18. The molecule has 0 bridgehead atoms. The Kier molecular flexibility index (Phi) is 5.03. The number of hydrogen-bond donors (Lipinski definition) is 0. The van der Waals surface area contributed by atoms with Gasteiger partial charge in [0.15, 0.2) is 0 Å². The van der Waals surface area contributed by atoms with Crippen molar-refractivity contribution >= 4 is 34.2 Å². The molecule has 1 rings (SSSR count). The number of halogens is 1. The van der Waals surface area contributed by atoms with Gasteiger partial charge in [-0.2, -0.15) is 5.26 Å². The molecule has 6 nitrogen and oxygen atoms in total. The minimum atomic E-state index is -0.558. The molecule has 0 saturated heterocycles. The van der Waals surface area contributed by atoms with Crippen LogP contribution >= 0.6 is 22.6 Å². The number of nitrogens with zero attached hydrogens (tertiary/aromatic N) is 2. The SMILES string of the molecule is CCOC(=O)Cc1cc(C#N)cc(I)c1[N+](=O)[O-]. The van der Waals surface area contributed by atoms with Gasteiger partial charge in [0.25, 0.3) is 5.69 Å². The van der Waals surface area contributed by atoms with Crippen molar-refractivity contribution in [2.45, 2.75) is 13.3 Å². The van der Waals surface area contributed by atoms with Gasteiger partial charge in [0.1, 0.15) is 0 Å². The first kappa shape index (κ1) is 14.4. The summed E-state index contributed by atoms with van der Waals surface area (Å²) in [5.41, 5.74) is 0.328. The van der Waals surface area contributed by atoms with Crippen LogP contribution in [0.4, 0.5) is 5.69 Å². The summed E-state index contributed by atoms with van der Waals surface area (Å²) >= 11 is 1.77. The third kappa shape index (κ3) is 3.40. The fourth-order valence-corrected chi connectivity index (χ4v) is 2.31. The van der Waals surface area contributed by atoms with E-state index in [-0.39, 0.29) is 29.8 Å². The topological polar surface area (TPSA) is 93.2 Å². The predicted molar refractivity (Wildman–Crippen MR) is 70.9 cm³/mol. The molecule has 18 heavy (non-hydrogen) atoms. The van der Waals surface area contributed by atoms with E-state index in [4.69, 9.17) is 10.00 Å². The van der Waals surface area contributed by atoms with E-state index < -0.39 is 10.9 Å². The van der Waals surface area contributed by atoms with Gasteiger partial charge in [-0.3, -0.25) is 14.9 Å². The maximum atomic E-state index is 11.4. The highest BCUT2D eigenvalue weighted by Crippen LogP contribution is 2.27. The number of ether oxygens (including phenoxy) is 1. The van der Waals surface area contributed by atoms with Crippen LogP contribution in [0.1, 0.15) is 18.1 Å². The summed E-state index contributed by atoms with van der Waals surface area (Å²) in [5, 5.41) is 19.8. The lowest BCUT2D eigenvalue weighted by atomic mass is 10.1. The van der Waals surface area contributed by atoms with Crippen molar-refractivity contribution in [2.75, 3.05) is 6.61 Å². The average molecular weight is 360 g/mol. The van der Waals surface area contributed by atoms with Crippen LogP contribution in [0.15, 0.2) is 12.1 Å². The molecule has 0 spiro atoms. The molecule has 0 N–H and O–H groups in total. The summed E-state index contributed by atoms with van der Waals surface area (Å²) in [7, 11) is 0. The molecule has 0 aliphatic rings. The van der Waals surface area contributed by atoms with Gasteiger partial charge in [0.05, 0.1) is 33.2 Å². The molecule has 1 aromatic rings. The summed E-state index contributed by atoms with van der Waals surface area (Å²) in [4.78, 5) is 21.8. The maximum absolute atomic E-state index is 11.4. The van der Waals surface area contributed by atoms with Gasteiger partial charge < -0.3 is 4.74 Å². The van der Waals surface area contributed by atoms with Crippen molar-refractivity contribution in [3.05, 3.63) is 36.9 Å². The van der Waals surface area contributed by atoms with Gasteiger partial charge in [0, 0.05) is 5.56 Å². The highest BCUT2D eigenvalue weighted by atomic mass is 127. The maximum Gasteiger partial charge on any atom is 0.310 e. The summed E-state index contributed by atoms with van der Waals surface area (Å²) in [6.07, 6.45) is -0.213. The van der Waals surface area contributed by atoms with Crippen LogP contribution in [0, 0.1) is 25.0 Å². The molecule has 0 fully saturated rings. The first-order valence-electron chi connectivity index (χ1n) is 5.02. The Hall–Kier alpha value is -1.69. The van der Waals surface area contributed by atoms with Crippen LogP contribution in [-0.2, 0) is 16.0 Å². The van der Waals surface area contributed by atoms with Crippen LogP contribution in [-0.4, -0.2) is 17.5 Å². The second kappa shape index (κ2) is 6.30. The lowest BCUT2D eigenvalue weighted by Crippen LogP contribution is -2.10. The van der Waals surface area contributed by atoms with E-state index >= 15 is 0 Å². The number of nitriles is 1. The molecule has 7 heteroatoms. The first-order valence-corrected chi connectivity index (χ1v) is 6.10. The van der Waals surface area contributed by atoms with E-state index in [0.29, 0.717) is 3.57 Å². The number of esters is 1. The van der Waals surface area contributed by atoms with E-state index in [1.54, 1.807) is 29.5 Å². The lowest BCUT2D eigenvalue weighted by Gasteiger charge is -2.05. The minimum absolute atomic E-state index is 0.150. The fourth-order valence-electron chi connectivity index (χ4n) is 1.43. The van der Waals surface area contributed by atoms with Crippen molar-refractivity contribution < 1.29 is 14.5 Å². The molecule has 0 aliphatic carbocycles. The number of nitro groups is 1. The monoisotopic (exact) mass is 360 g/mol. The Labute approximate surface area is 117 Å². The third-order valence-electron chi connectivity index (χ3n) is 2.09. The molecule has 0 atom stereocenters. The zero-order valence-corrected chi connectivity index (χ0v) is 11.6. The Morgan fingerprint density at radius 1 is 1.61 bits per heavy atom. The molecule has 0 unspecified atom stereocenters. The number of carbonyl (C=O) groups is 1. The molecule has 0 aliphatic heterocycles. The highest BCUT2D eigenvalue weighted by molar-refractivity contribution is 14.1. The van der Waals surface area contributed by atoms with Crippen LogP contribution in [0.5, 0.6) is 0 Å². The van der Waals surface area contributed by atoms with E-state index in [1.165, 1.54) is 12.1 Å². The first-order chi connectivity index (χ1) is 8.49. The van der Waals surface area contributed by atoms with Crippen LogP contribution in [0.2, 0.25) is 0 Å². The summed E-state index contributed by atoms with van der Waals surface area (Å²) in [6.45, 7) is 1.86. The normalized spacial score (nSPS) is 9.61. The van der Waals surface area contributed by atoms with Gasteiger partial charge >= 0.3 is 5.97 Å². The smallest absolute Gasteiger partial charge is 0.310 e. The van der Waals surface area contributed by atoms with Crippen molar-refractivity contribution in [2.24, 2.45) is 0 Å². The fraction of sp³-hybridized carbons (Fsp3) is 0.273. The summed E-state index contributed by atoms with van der Waals surface area (Å²) in [5.74, 6) is -0.550. The summed E-state index contributed by atoms with van der Waals surface area (Å²) in [6, 6.07) is 4.65. The number of carbonyl (C=O) groups excluding carboxylic acids is 1. The second-order valence-corrected chi connectivity index (χ2v) is 4.48. The molecule has 0 amide bonds. The minimum Gasteiger partial charge on any atom is -0.466 e. The number of hydrogen-bond acceptors (Lipinski definition) is 5. The lowest BCUT2D eigenvalue weighted by molar-refractivity contribution is -0.386. The van der Waals surface area contributed by atoms with Gasteiger partial charge in [-0.25, -0.2) is 0 Å².